The van der Waals surface area contributed by atoms with Crippen LogP contribution in [0.5, 0.6) is 0 Å². The number of hydrogen-bond donors (Lipinski definition) is 3. The van der Waals surface area contributed by atoms with Gasteiger partial charge in [-0.1, -0.05) is 189 Å². The maximum Gasteiger partial charge on any atom is 0.267 e. The van der Waals surface area contributed by atoms with Gasteiger partial charge in [0.15, 0.2) is 0 Å². The fourth-order valence-corrected chi connectivity index (χ4v) is 6.90. The Labute approximate surface area is 327 Å². The van der Waals surface area contributed by atoms with Crippen LogP contribution in [0.4, 0.5) is 0 Å². The Morgan fingerprint density at radius 1 is 0.528 bits per heavy atom. The Morgan fingerprint density at radius 2 is 0.925 bits per heavy atom. The van der Waals surface area contributed by atoms with E-state index in [4.69, 9.17) is 0 Å². The Bertz CT molecular complexity index is 1100. The number of nitrogens with one attached hydrogen (secondary N) is 1. The molecule has 1 amide bonds. The summed E-state index contributed by atoms with van der Waals surface area (Å²) in [6.07, 6.45) is 56.0. The van der Waals surface area contributed by atoms with Crippen LogP contribution in [0.3, 0.4) is 0 Å². The van der Waals surface area contributed by atoms with E-state index in [1.165, 1.54) is 89.5 Å². The van der Waals surface area contributed by atoms with Gasteiger partial charge in [0.1, 0.15) is 0 Å². The first-order valence-electron chi connectivity index (χ1n) is 21.6. The van der Waals surface area contributed by atoms with Crippen molar-refractivity contribution < 1.29 is 22.9 Å². The summed E-state index contributed by atoms with van der Waals surface area (Å²) in [6, 6.07) is -1.08. The molecule has 0 aliphatic carbocycles. The van der Waals surface area contributed by atoms with Crippen molar-refractivity contribution in [3.8, 4) is 0 Å². The van der Waals surface area contributed by atoms with E-state index < -0.39 is 28.0 Å². The van der Waals surface area contributed by atoms with Crippen LogP contribution in [0.1, 0.15) is 194 Å². The van der Waals surface area contributed by atoms with Gasteiger partial charge in [-0.25, -0.2) is 0 Å². The number of unbranched alkanes of at least 4 members (excludes halogenated alkanes) is 20. The molecule has 0 fully saturated rings. The highest BCUT2D eigenvalue weighted by Crippen LogP contribution is 2.14. The zero-order chi connectivity index (χ0) is 38.9. The standard InChI is InChI=1S/C46H81NO5S/c1-3-5-7-9-11-13-15-17-19-21-23-25-27-29-31-33-35-37-39-41-45(48)44(43-53(50,51)52)47-46(49)42-40-38-36-34-32-30-28-26-24-22-20-18-16-14-12-10-8-6-4-2/h6,8,12,14,18,20,24,26,31,33,39,41,44-45,48H,3-5,7,9-11,13,15-17,19,21-23,25,27-30,32,34-38,40,42-43H2,1-2H3,(H,47,49)(H,50,51,52)/b8-6-,14-12-,20-18-,26-24-,33-31+,41-39+. The SMILES string of the molecule is CC/C=C\C/C=C\C/C=C\C/C=C\CCCCCCCCC(=O)NC(CS(=O)(=O)O)C(O)/C=C/CC/C=C/CCCCCCCCCCCCCCC. The molecule has 53 heavy (non-hydrogen) atoms. The van der Waals surface area contributed by atoms with E-state index in [2.05, 4.69) is 79.9 Å². The van der Waals surface area contributed by atoms with E-state index in [9.17, 15) is 22.9 Å². The molecule has 2 unspecified atom stereocenters. The molecule has 0 aliphatic rings. The molecule has 0 aromatic rings. The molecule has 0 spiro atoms. The summed E-state index contributed by atoms with van der Waals surface area (Å²) in [7, 11) is -4.36. The number of carbonyl (C=O) groups is 1. The van der Waals surface area contributed by atoms with Gasteiger partial charge in [-0.05, 0) is 70.6 Å². The zero-order valence-corrected chi connectivity index (χ0v) is 34.9. The molecule has 2 atom stereocenters. The molecule has 0 rings (SSSR count). The van der Waals surface area contributed by atoms with Crippen molar-refractivity contribution in [3.63, 3.8) is 0 Å². The molecule has 0 saturated carbocycles. The van der Waals surface area contributed by atoms with Crippen LogP contribution in [0.2, 0.25) is 0 Å². The number of aliphatic hydroxyl groups excluding tert-OH is 1. The number of allylic oxidation sites excluding steroid dienone is 11. The van der Waals surface area contributed by atoms with E-state index >= 15 is 0 Å². The minimum absolute atomic E-state index is 0.268. The largest absolute Gasteiger partial charge is 0.387 e. The van der Waals surface area contributed by atoms with Crippen LogP contribution in [-0.4, -0.2) is 41.9 Å². The fraction of sp³-hybridized carbons (Fsp3) is 0.717. The molecule has 0 bridgehead atoms. The maximum absolute atomic E-state index is 12.5. The summed E-state index contributed by atoms with van der Waals surface area (Å²) in [5.74, 6) is -1.02. The Hall–Kier alpha value is -2.22. The molecular formula is C46H81NO5S. The van der Waals surface area contributed by atoms with E-state index in [0.29, 0.717) is 12.8 Å². The predicted molar refractivity (Wildman–Crippen MR) is 230 cm³/mol. The van der Waals surface area contributed by atoms with E-state index in [1.54, 1.807) is 0 Å². The molecule has 6 nitrogen and oxygen atoms in total. The average Bonchev–Trinajstić information content (AvgIpc) is 3.12. The summed E-state index contributed by atoms with van der Waals surface area (Å²) < 4.78 is 32.5. The molecule has 0 aromatic heterocycles. The molecule has 0 aromatic carbocycles. The first kappa shape index (κ1) is 50.8. The highest BCUT2D eigenvalue weighted by Gasteiger charge is 2.24. The number of amides is 1. The topological polar surface area (TPSA) is 104 Å². The van der Waals surface area contributed by atoms with Gasteiger partial charge in [0.05, 0.1) is 17.9 Å². The minimum Gasteiger partial charge on any atom is -0.387 e. The van der Waals surface area contributed by atoms with E-state index in [1.807, 2.05) is 6.08 Å². The van der Waals surface area contributed by atoms with Gasteiger partial charge in [-0.15, -0.1) is 0 Å². The molecule has 0 heterocycles. The second-order valence-corrected chi connectivity index (χ2v) is 16.1. The van der Waals surface area contributed by atoms with Crippen LogP contribution in [0.15, 0.2) is 72.9 Å². The summed E-state index contributed by atoms with van der Waals surface area (Å²) >= 11 is 0. The number of carbonyl (C=O) groups excluding carboxylic acids is 1. The van der Waals surface area contributed by atoms with Gasteiger partial charge >= 0.3 is 0 Å². The van der Waals surface area contributed by atoms with Crippen LogP contribution in [-0.2, 0) is 14.9 Å². The third kappa shape index (κ3) is 40.8. The number of hydrogen-bond acceptors (Lipinski definition) is 4. The Kier molecular flexibility index (Phi) is 37.8. The monoisotopic (exact) mass is 760 g/mol. The van der Waals surface area contributed by atoms with Crippen molar-refractivity contribution in [2.75, 3.05) is 5.75 Å². The van der Waals surface area contributed by atoms with Gasteiger partial charge in [0, 0.05) is 6.42 Å². The lowest BCUT2D eigenvalue weighted by molar-refractivity contribution is -0.122. The van der Waals surface area contributed by atoms with Crippen LogP contribution in [0, 0.1) is 0 Å². The third-order valence-electron chi connectivity index (χ3n) is 9.37. The second kappa shape index (κ2) is 39.5. The van der Waals surface area contributed by atoms with Crippen LogP contribution >= 0.6 is 0 Å². The van der Waals surface area contributed by atoms with Crippen molar-refractivity contribution in [1.82, 2.24) is 5.32 Å². The Balaban J connectivity index is 3.99. The van der Waals surface area contributed by atoms with Gasteiger partial charge < -0.3 is 10.4 Å². The second-order valence-electron chi connectivity index (χ2n) is 14.6. The molecule has 0 saturated heterocycles. The van der Waals surface area contributed by atoms with Gasteiger partial charge in [0.25, 0.3) is 10.1 Å². The molecule has 7 heteroatoms. The lowest BCUT2D eigenvalue weighted by atomic mass is 10.0. The van der Waals surface area contributed by atoms with E-state index in [-0.39, 0.29) is 12.3 Å². The normalized spacial score (nSPS) is 14.0. The summed E-state index contributed by atoms with van der Waals surface area (Å²) in [5, 5.41) is 13.2. The molecule has 306 valence electrons. The highest BCUT2D eigenvalue weighted by molar-refractivity contribution is 7.85. The van der Waals surface area contributed by atoms with E-state index in [0.717, 1.165) is 77.0 Å². The average molecular weight is 760 g/mol. The van der Waals surface area contributed by atoms with Crippen molar-refractivity contribution in [1.29, 1.82) is 0 Å². The quantitative estimate of drug-likeness (QED) is 0.0330. The highest BCUT2D eigenvalue weighted by atomic mass is 32.2. The summed E-state index contributed by atoms with van der Waals surface area (Å²) in [6.45, 7) is 4.41. The van der Waals surface area contributed by atoms with Crippen molar-refractivity contribution in [3.05, 3.63) is 72.9 Å². The first-order valence-corrected chi connectivity index (χ1v) is 23.2. The molecule has 3 N–H and O–H groups in total. The smallest absolute Gasteiger partial charge is 0.267 e. The van der Waals surface area contributed by atoms with Crippen LogP contribution < -0.4 is 5.32 Å². The van der Waals surface area contributed by atoms with Gasteiger partial charge in [0.2, 0.25) is 5.91 Å². The Morgan fingerprint density at radius 3 is 1.42 bits per heavy atom. The summed E-state index contributed by atoms with van der Waals surface area (Å²) in [5.41, 5.74) is 0. The lowest BCUT2D eigenvalue weighted by Gasteiger charge is -2.21. The summed E-state index contributed by atoms with van der Waals surface area (Å²) in [4.78, 5) is 12.5. The van der Waals surface area contributed by atoms with Crippen molar-refractivity contribution >= 4 is 16.0 Å². The van der Waals surface area contributed by atoms with Gasteiger partial charge in [-0.2, -0.15) is 8.42 Å². The lowest BCUT2D eigenvalue weighted by Crippen LogP contribution is -2.46. The predicted octanol–water partition coefficient (Wildman–Crippen LogP) is 13.0. The van der Waals surface area contributed by atoms with Gasteiger partial charge in [-0.3, -0.25) is 9.35 Å². The number of aliphatic hydroxyl groups is 1. The van der Waals surface area contributed by atoms with Crippen molar-refractivity contribution in [2.45, 2.75) is 206 Å². The third-order valence-corrected chi connectivity index (χ3v) is 10.1. The fourth-order valence-electron chi connectivity index (χ4n) is 6.16. The molecular weight excluding hydrogens is 679 g/mol. The zero-order valence-electron chi connectivity index (χ0n) is 34.1. The maximum atomic E-state index is 12.5. The molecule has 0 aliphatic heterocycles. The molecule has 0 radical (unpaired) electrons. The minimum atomic E-state index is -4.36. The first-order chi connectivity index (χ1) is 25.8. The van der Waals surface area contributed by atoms with Crippen LogP contribution in [0.25, 0.3) is 0 Å². The number of rotatable bonds is 38. The van der Waals surface area contributed by atoms with Crippen molar-refractivity contribution in [2.24, 2.45) is 0 Å².